The minimum absolute atomic E-state index is 0. The van der Waals surface area contributed by atoms with Crippen LogP contribution in [0.2, 0.25) is 0 Å². The summed E-state index contributed by atoms with van der Waals surface area (Å²) in [6, 6.07) is -0.781. The van der Waals surface area contributed by atoms with E-state index in [1.54, 1.807) is 25.0 Å². The lowest BCUT2D eigenvalue weighted by atomic mass is 10.2. The molecule has 0 aromatic rings. The molecule has 1 unspecified atom stereocenters. The largest absolute Gasteiger partial charge is 0.333 e. The molecule has 1 saturated heterocycles. The van der Waals surface area contributed by atoms with E-state index >= 15 is 0 Å². The minimum atomic E-state index is -0.442. The molecule has 2 aliphatic heterocycles. The monoisotopic (exact) mass is 231 g/mol. The summed E-state index contributed by atoms with van der Waals surface area (Å²) >= 11 is 0. The summed E-state index contributed by atoms with van der Waals surface area (Å²) in [6.45, 7) is 0. The van der Waals surface area contributed by atoms with Crippen molar-refractivity contribution in [3.63, 3.8) is 0 Å². The number of rotatable bonds is 0. The Bertz CT molecular complexity index is 390. The van der Waals surface area contributed by atoms with Gasteiger partial charge in [-0.2, -0.15) is 0 Å². The molecule has 15 heavy (non-hydrogen) atoms. The maximum absolute atomic E-state index is 11.7. The Balaban J connectivity index is 0.00000112. The normalized spacial score (nSPS) is 24.6. The van der Waals surface area contributed by atoms with Crippen molar-refractivity contribution < 1.29 is 14.2 Å². The van der Waals surface area contributed by atoms with Gasteiger partial charge in [-0.05, 0) is 4.99 Å². The summed E-state index contributed by atoms with van der Waals surface area (Å²) in [5.41, 5.74) is 0. The molecule has 0 radical (unpaired) electrons. The molecule has 1 fully saturated rings. The predicted octanol–water partition coefficient (Wildman–Crippen LogP) is -0.617. The molecular weight excluding hydrogens is 220 g/mol. The number of hydrogen-bond acceptors (Lipinski definition) is 3. The average Bonchev–Trinajstić information content (AvgIpc) is 2.54. The third-order valence-electron chi connectivity index (χ3n) is 2.51. The summed E-state index contributed by atoms with van der Waals surface area (Å²) in [5, 5.41) is 0. The quantitative estimate of drug-likeness (QED) is 0.522. The van der Waals surface area contributed by atoms with Crippen molar-refractivity contribution in [3.05, 3.63) is 0 Å². The summed E-state index contributed by atoms with van der Waals surface area (Å²) < 4.78 is 1.69. The second kappa shape index (κ2) is 3.62. The van der Waals surface area contributed by atoms with Crippen LogP contribution in [-0.4, -0.2) is 65.7 Å². The highest BCUT2D eigenvalue weighted by Gasteiger charge is 2.49. The molecule has 0 saturated carbocycles. The third kappa shape index (κ3) is 1.41. The Kier molecular flexibility index (Phi) is 2.81. The molecule has 2 heterocycles. The standard InChI is InChI=1S/C8H11N4O2.ClH/c1-10-4-9-6-5(10)7(13)12(3)8(14)11(6)2;/h4-5H,1-3H3;1H/q+1;. The van der Waals surface area contributed by atoms with Gasteiger partial charge in [0, 0.05) is 14.1 Å². The Morgan fingerprint density at radius 3 is 2.53 bits per heavy atom. The van der Waals surface area contributed by atoms with Crippen molar-refractivity contribution in [2.24, 2.45) is 4.99 Å². The molecule has 0 N–H and O–H groups in total. The van der Waals surface area contributed by atoms with E-state index in [1.807, 2.05) is 0 Å². The second-order valence-electron chi connectivity index (χ2n) is 3.41. The smallest absolute Gasteiger partial charge is 0.269 e. The first-order chi connectivity index (χ1) is 6.54. The summed E-state index contributed by atoms with van der Waals surface area (Å²) in [6.07, 6.45) is 1.56. The number of amides is 3. The Hall–Kier alpha value is -1.43. The lowest BCUT2D eigenvalue weighted by molar-refractivity contribution is -0.500. The zero-order chi connectivity index (χ0) is 10.5. The van der Waals surface area contributed by atoms with Crippen molar-refractivity contribution in [3.8, 4) is 0 Å². The number of nitrogens with zero attached hydrogens (tertiary/aromatic N) is 4. The molecule has 82 valence electrons. The fraction of sp³-hybridized carbons (Fsp3) is 0.500. The lowest BCUT2D eigenvalue weighted by Crippen LogP contribution is -2.61. The molecule has 0 aromatic carbocycles. The number of amidine groups is 1. The Labute approximate surface area is 93.3 Å². The maximum Gasteiger partial charge on any atom is 0.333 e. The Morgan fingerprint density at radius 2 is 1.93 bits per heavy atom. The molecule has 2 rings (SSSR count). The summed E-state index contributed by atoms with van der Waals surface area (Å²) in [4.78, 5) is 29.7. The molecule has 2 aliphatic rings. The number of imide groups is 1. The van der Waals surface area contributed by atoms with Crippen LogP contribution in [-0.2, 0) is 4.79 Å². The van der Waals surface area contributed by atoms with Crippen LogP contribution >= 0.6 is 12.4 Å². The number of hydrogen-bond donors (Lipinski definition) is 0. The molecule has 0 aliphatic carbocycles. The number of carbonyl (C=O) groups is 2. The number of carbonyl (C=O) groups excluding carboxylic acids is 2. The SMILES string of the molecule is CN1C(=O)C2C(=NC=[N+]2C)N(C)C1=O.Cl. The number of urea groups is 1. The van der Waals surface area contributed by atoms with Crippen LogP contribution in [0.3, 0.4) is 0 Å². The van der Waals surface area contributed by atoms with Crippen LogP contribution in [0.25, 0.3) is 0 Å². The van der Waals surface area contributed by atoms with Gasteiger partial charge < -0.3 is 0 Å². The van der Waals surface area contributed by atoms with Gasteiger partial charge in [-0.15, -0.1) is 12.4 Å². The maximum atomic E-state index is 11.7. The van der Waals surface area contributed by atoms with Crippen LogP contribution < -0.4 is 0 Å². The van der Waals surface area contributed by atoms with E-state index in [0.29, 0.717) is 5.84 Å². The van der Waals surface area contributed by atoms with Gasteiger partial charge in [-0.1, -0.05) is 0 Å². The zero-order valence-electron chi connectivity index (χ0n) is 8.67. The predicted molar refractivity (Wildman–Crippen MR) is 56.6 cm³/mol. The van der Waals surface area contributed by atoms with Crippen LogP contribution in [0.4, 0.5) is 4.79 Å². The minimum Gasteiger partial charge on any atom is -0.269 e. The van der Waals surface area contributed by atoms with E-state index in [1.165, 1.54) is 11.9 Å². The van der Waals surface area contributed by atoms with E-state index < -0.39 is 6.04 Å². The summed E-state index contributed by atoms with van der Waals surface area (Å²) in [5.74, 6) is 0.267. The first-order valence-electron chi connectivity index (χ1n) is 4.22. The molecule has 0 bridgehead atoms. The number of likely N-dealkylation sites (N-methyl/N-ethyl adjacent to an activating group) is 3. The zero-order valence-corrected chi connectivity index (χ0v) is 9.48. The van der Waals surface area contributed by atoms with Crippen LogP contribution in [0.1, 0.15) is 0 Å². The van der Waals surface area contributed by atoms with Gasteiger partial charge in [-0.25, -0.2) is 9.37 Å². The van der Waals surface area contributed by atoms with E-state index in [2.05, 4.69) is 4.99 Å². The molecule has 1 atom stereocenters. The van der Waals surface area contributed by atoms with E-state index in [4.69, 9.17) is 0 Å². The van der Waals surface area contributed by atoms with Crippen molar-refractivity contribution in [1.82, 2.24) is 9.80 Å². The van der Waals surface area contributed by atoms with Gasteiger partial charge in [0.05, 0.1) is 7.05 Å². The van der Waals surface area contributed by atoms with Gasteiger partial charge in [-0.3, -0.25) is 14.6 Å². The van der Waals surface area contributed by atoms with E-state index in [9.17, 15) is 9.59 Å². The van der Waals surface area contributed by atoms with Gasteiger partial charge in [0.1, 0.15) is 0 Å². The molecule has 0 aromatic heterocycles. The van der Waals surface area contributed by atoms with Crippen LogP contribution in [0, 0.1) is 0 Å². The second-order valence-corrected chi connectivity index (χ2v) is 3.41. The lowest BCUT2D eigenvalue weighted by Gasteiger charge is -2.29. The van der Waals surface area contributed by atoms with Crippen molar-refractivity contribution in [1.29, 1.82) is 0 Å². The van der Waals surface area contributed by atoms with E-state index in [-0.39, 0.29) is 24.3 Å². The van der Waals surface area contributed by atoms with Gasteiger partial charge in [0.2, 0.25) is 0 Å². The highest BCUT2D eigenvalue weighted by Crippen LogP contribution is 2.15. The van der Waals surface area contributed by atoms with Crippen LogP contribution in [0.15, 0.2) is 4.99 Å². The third-order valence-corrected chi connectivity index (χ3v) is 2.51. The Morgan fingerprint density at radius 1 is 1.33 bits per heavy atom. The first-order valence-corrected chi connectivity index (χ1v) is 4.22. The molecule has 7 heteroatoms. The van der Waals surface area contributed by atoms with E-state index in [0.717, 1.165) is 4.90 Å². The van der Waals surface area contributed by atoms with Crippen molar-refractivity contribution in [2.75, 3.05) is 21.1 Å². The average molecular weight is 232 g/mol. The molecule has 3 amide bonds. The molecular formula is C8H12ClN4O2+. The number of aliphatic imine (C=N–C) groups is 1. The highest BCUT2D eigenvalue weighted by atomic mass is 35.5. The fourth-order valence-electron chi connectivity index (χ4n) is 1.62. The van der Waals surface area contributed by atoms with Crippen LogP contribution in [0.5, 0.6) is 0 Å². The number of fused-ring (bicyclic) bond motifs is 1. The molecule has 0 spiro atoms. The van der Waals surface area contributed by atoms with Gasteiger partial charge >= 0.3 is 6.03 Å². The van der Waals surface area contributed by atoms with Gasteiger partial charge in [0.25, 0.3) is 24.1 Å². The molecule has 6 nitrogen and oxygen atoms in total. The van der Waals surface area contributed by atoms with Crippen molar-refractivity contribution >= 4 is 36.5 Å². The topological polar surface area (TPSA) is 56.0 Å². The summed E-state index contributed by atoms with van der Waals surface area (Å²) in [7, 11) is 4.85. The van der Waals surface area contributed by atoms with Crippen molar-refractivity contribution in [2.45, 2.75) is 6.04 Å². The first kappa shape index (κ1) is 11.6. The number of halogens is 1. The fourth-order valence-corrected chi connectivity index (χ4v) is 1.62. The van der Waals surface area contributed by atoms with Gasteiger partial charge in [0.15, 0.2) is 0 Å². The highest BCUT2D eigenvalue weighted by molar-refractivity contribution is 6.21.